The maximum Gasteiger partial charge on any atom is 0.318 e. The number of aromatic nitrogens is 4. The van der Waals surface area contributed by atoms with Crippen molar-refractivity contribution in [2.75, 3.05) is 5.23 Å². The first-order valence-corrected chi connectivity index (χ1v) is 5.91. The number of fused-ring (bicyclic) bond motifs is 1. The van der Waals surface area contributed by atoms with Gasteiger partial charge in [0.25, 0.3) is 5.56 Å². The molecule has 0 aliphatic heterocycles. The Hall–Kier alpha value is -1.83. The van der Waals surface area contributed by atoms with Crippen molar-refractivity contribution in [2.24, 2.45) is 5.64 Å². The van der Waals surface area contributed by atoms with Crippen molar-refractivity contribution in [3.63, 3.8) is 0 Å². The molecule has 0 amide bonds. The Morgan fingerprint density at radius 2 is 2.33 bits per heavy atom. The van der Waals surface area contributed by atoms with Crippen LogP contribution >= 0.6 is 0 Å². The fourth-order valence-electron chi connectivity index (χ4n) is 1.70. The molecule has 0 aliphatic rings. The van der Waals surface area contributed by atoms with Gasteiger partial charge >= 0.3 is 7.55 Å². The highest BCUT2D eigenvalue weighted by Crippen LogP contribution is 2.22. The summed E-state index contributed by atoms with van der Waals surface area (Å²) in [6.45, 7) is 6.23. The number of nitrogens with one attached hydrogen (secondary N) is 2. The van der Waals surface area contributed by atoms with Gasteiger partial charge in [-0.1, -0.05) is 6.92 Å². The van der Waals surface area contributed by atoms with Gasteiger partial charge in [-0.3, -0.25) is 9.78 Å². The average molecular weight is 248 g/mol. The fourth-order valence-corrected chi connectivity index (χ4v) is 1.70. The van der Waals surface area contributed by atoms with Crippen LogP contribution in [0.2, 0.25) is 0 Å². The van der Waals surface area contributed by atoms with Gasteiger partial charge in [0.05, 0.1) is 6.33 Å². The van der Waals surface area contributed by atoms with Crippen LogP contribution in [0.5, 0.6) is 0 Å². The number of anilines is 1. The highest BCUT2D eigenvalue weighted by Gasteiger charge is 2.22. The third-order valence-electron chi connectivity index (χ3n) is 3.19. The zero-order valence-corrected chi connectivity index (χ0v) is 10.8. The zero-order chi connectivity index (χ0) is 13.3. The maximum absolute atomic E-state index is 11.9. The van der Waals surface area contributed by atoms with E-state index in [0.717, 1.165) is 6.42 Å². The molecule has 0 radical (unpaired) electrons. The summed E-state index contributed by atoms with van der Waals surface area (Å²) in [5.41, 5.74) is 5.90. The summed E-state index contributed by atoms with van der Waals surface area (Å²) in [4.78, 5) is 22.9. The van der Waals surface area contributed by atoms with Crippen LogP contribution in [0.3, 0.4) is 0 Å². The molecule has 7 nitrogen and oxygen atoms in total. The van der Waals surface area contributed by atoms with Gasteiger partial charge in [0.2, 0.25) is 0 Å². The lowest BCUT2D eigenvalue weighted by Crippen LogP contribution is -2.26. The van der Waals surface area contributed by atoms with Crippen molar-refractivity contribution >= 4 is 24.7 Å². The van der Waals surface area contributed by atoms with Crippen molar-refractivity contribution in [1.29, 1.82) is 0 Å². The van der Waals surface area contributed by atoms with Crippen LogP contribution in [0.4, 0.5) is 5.95 Å². The molecule has 18 heavy (non-hydrogen) atoms. The van der Waals surface area contributed by atoms with Gasteiger partial charge in [-0.2, -0.15) is 4.98 Å². The van der Waals surface area contributed by atoms with E-state index in [9.17, 15) is 4.79 Å². The van der Waals surface area contributed by atoms with E-state index in [-0.39, 0.29) is 18.6 Å². The first-order valence-electron chi connectivity index (χ1n) is 5.91. The van der Waals surface area contributed by atoms with Gasteiger partial charge in [0.1, 0.15) is 0 Å². The predicted molar refractivity (Wildman–Crippen MR) is 72.7 cm³/mol. The van der Waals surface area contributed by atoms with E-state index in [4.69, 9.17) is 5.64 Å². The van der Waals surface area contributed by atoms with Gasteiger partial charge < -0.3 is 15.4 Å². The topological polar surface area (TPSA) is 102 Å². The molecular formula is C10H17BN6O. The highest BCUT2D eigenvalue weighted by atomic mass is 16.1. The lowest BCUT2D eigenvalue weighted by molar-refractivity contribution is 0.350. The van der Waals surface area contributed by atoms with Gasteiger partial charge in [-0.15, -0.1) is 0 Å². The third kappa shape index (κ3) is 1.99. The fraction of sp³-hybridized carbons (Fsp3) is 0.500. The molecule has 2 rings (SSSR count). The Balaban J connectivity index is 2.67. The molecule has 2 heterocycles. The number of H-pyrrole nitrogens is 1. The standard InChI is InChI=1S/C10H17BN6O/c1-4-10(2,3)17-5-13-6-7(17)14-9(16-11-12)15-8(6)18/h5,11H,4,12H2,1-3H3,(H2,14,15,16,18). The second kappa shape index (κ2) is 4.45. The van der Waals surface area contributed by atoms with E-state index in [1.807, 2.05) is 4.57 Å². The largest absolute Gasteiger partial charge is 0.388 e. The summed E-state index contributed by atoms with van der Waals surface area (Å²) in [5, 5.41) is 2.80. The number of imidazole rings is 1. The minimum Gasteiger partial charge on any atom is -0.388 e. The molecule has 0 atom stereocenters. The molecule has 2 aromatic rings. The van der Waals surface area contributed by atoms with Gasteiger partial charge in [-0.05, 0) is 20.3 Å². The minimum absolute atomic E-state index is 0.143. The van der Waals surface area contributed by atoms with Crippen LogP contribution in [0, 0.1) is 0 Å². The van der Waals surface area contributed by atoms with Crippen molar-refractivity contribution in [2.45, 2.75) is 32.7 Å². The van der Waals surface area contributed by atoms with E-state index in [2.05, 4.69) is 41.0 Å². The van der Waals surface area contributed by atoms with Crippen LogP contribution in [-0.2, 0) is 5.54 Å². The Labute approximate surface area is 105 Å². The molecule has 0 bridgehead atoms. The van der Waals surface area contributed by atoms with Crippen LogP contribution in [-0.4, -0.2) is 27.1 Å². The van der Waals surface area contributed by atoms with E-state index < -0.39 is 0 Å². The molecule has 0 spiro atoms. The Morgan fingerprint density at radius 3 is 2.94 bits per heavy atom. The van der Waals surface area contributed by atoms with Crippen LogP contribution in [0.25, 0.3) is 11.2 Å². The number of nitrogens with zero attached hydrogens (tertiary/aromatic N) is 3. The molecule has 0 aromatic carbocycles. The summed E-state index contributed by atoms with van der Waals surface area (Å²) in [6, 6.07) is 0. The van der Waals surface area contributed by atoms with Gasteiger partial charge in [0.15, 0.2) is 17.1 Å². The van der Waals surface area contributed by atoms with Crippen molar-refractivity contribution in [3.8, 4) is 0 Å². The Morgan fingerprint density at radius 1 is 1.61 bits per heavy atom. The number of rotatable bonds is 4. The third-order valence-corrected chi connectivity index (χ3v) is 3.19. The second-order valence-electron chi connectivity index (χ2n) is 4.75. The van der Waals surface area contributed by atoms with E-state index in [0.29, 0.717) is 17.1 Å². The molecule has 0 aliphatic carbocycles. The van der Waals surface area contributed by atoms with E-state index >= 15 is 0 Å². The van der Waals surface area contributed by atoms with Crippen molar-refractivity contribution in [1.82, 2.24) is 19.5 Å². The molecule has 0 saturated carbocycles. The quantitative estimate of drug-likeness (QED) is 0.656. The first-order chi connectivity index (χ1) is 8.49. The molecule has 0 saturated heterocycles. The Kier molecular flexibility index (Phi) is 3.12. The summed E-state index contributed by atoms with van der Waals surface area (Å²) in [6.07, 6.45) is 2.56. The molecule has 0 unspecified atom stereocenters. The number of hydrogen-bond donors (Lipinski definition) is 3. The van der Waals surface area contributed by atoms with Gasteiger partial charge in [0, 0.05) is 5.54 Å². The van der Waals surface area contributed by atoms with Crippen LogP contribution < -0.4 is 16.4 Å². The van der Waals surface area contributed by atoms with Crippen LogP contribution in [0.15, 0.2) is 11.1 Å². The number of nitrogens with two attached hydrogens (primary N) is 1. The monoisotopic (exact) mass is 248 g/mol. The normalized spacial score (nSPS) is 11.8. The highest BCUT2D eigenvalue weighted by molar-refractivity contribution is 6.35. The minimum atomic E-state index is -0.262. The molecule has 8 heteroatoms. The zero-order valence-electron chi connectivity index (χ0n) is 10.8. The smallest absolute Gasteiger partial charge is 0.318 e. The van der Waals surface area contributed by atoms with E-state index in [1.54, 1.807) is 6.33 Å². The summed E-state index contributed by atoms with van der Waals surface area (Å²) >= 11 is 0. The summed E-state index contributed by atoms with van der Waals surface area (Å²) < 4.78 is 1.92. The molecule has 4 N–H and O–H groups in total. The second-order valence-corrected chi connectivity index (χ2v) is 4.75. The first kappa shape index (κ1) is 12.6. The summed E-state index contributed by atoms with van der Waals surface area (Å²) in [7, 11) is 0.208. The molecule has 2 aromatic heterocycles. The molecule has 0 fully saturated rings. The molecule has 96 valence electrons. The lowest BCUT2D eigenvalue weighted by atomic mass is 10.0. The Bertz CT molecular complexity index is 616. The van der Waals surface area contributed by atoms with E-state index in [1.165, 1.54) is 0 Å². The average Bonchev–Trinajstić information content (AvgIpc) is 2.74. The molecular weight excluding hydrogens is 231 g/mol. The maximum atomic E-state index is 11.9. The van der Waals surface area contributed by atoms with Gasteiger partial charge in [-0.25, -0.2) is 4.98 Å². The van der Waals surface area contributed by atoms with Crippen molar-refractivity contribution in [3.05, 3.63) is 16.7 Å². The predicted octanol–water partition coefficient (Wildman–Crippen LogP) is -0.0982. The summed E-state index contributed by atoms with van der Waals surface area (Å²) in [5.74, 6) is 0.364. The number of aromatic amines is 1. The van der Waals surface area contributed by atoms with Crippen LogP contribution in [0.1, 0.15) is 27.2 Å². The lowest BCUT2D eigenvalue weighted by Gasteiger charge is -2.25. The number of hydrogen-bond acceptors (Lipinski definition) is 5. The van der Waals surface area contributed by atoms with Crippen molar-refractivity contribution < 1.29 is 0 Å². The SMILES string of the molecule is CCC(C)(C)n1cnc2c(=O)[nH]c(NBN)nc21.